The van der Waals surface area contributed by atoms with E-state index in [9.17, 15) is 39.0 Å². The number of aliphatic hydroxyl groups excluding tert-OH is 2. The third kappa shape index (κ3) is 21.3. The van der Waals surface area contributed by atoms with E-state index >= 15 is 0 Å². The van der Waals surface area contributed by atoms with Crippen LogP contribution in [0.15, 0.2) is 32.6 Å². The molecule has 8 atom stereocenters. The number of nitrogens with one attached hydrogen (secondary N) is 5. The van der Waals surface area contributed by atoms with Gasteiger partial charge in [-0.3, -0.25) is 48.5 Å². The van der Waals surface area contributed by atoms with Crippen LogP contribution in [0.2, 0.25) is 0 Å². The van der Waals surface area contributed by atoms with Crippen LogP contribution in [0.25, 0.3) is 11.2 Å². The first-order valence-corrected chi connectivity index (χ1v) is 23.7. The number of anilines is 1. The van der Waals surface area contributed by atoms with Gasteiger partial charge in [0.25, 0.3) is 0 Å². The molecule has 2 aromatic rings. The van der Waals surface area contributed by atoms with Crippen molar-refractivity contribution >= 4 is 76.4 Å². The Balaban J connectivity index is 1.60. The first kappa shape index (κ1) is 60.2. The van der Waals surface area contributed by atoms with Crippen molar-refractivity contribution in [1.29, 1.82) is 0 Å². The fraction of sp³-hybridized carbons (Fsp3) is 0.634. The summed E-state index contributed by atoms with van der Waals surface area (Å²) in [7, 11) is 0. The Kier molecular flexibility index (Phi) is 25.6. The Labute approximate surface area is 425 Å². The molecule has 74 heavy (non-hydrogen) atoms. The highest BCUT2D eigenvalue weighted by Crippen LogP contribution is 2.32. The molecule has 33 nitrogen and oxygen atoms in total. The number of primary amides is 1. The standard InChI is InChI=1S/C41H73N23O10/c42-30-27-32(58-19-57-30)64(20-59-27)36-29(67)28(66)25(74-36)18-73-41(72)56-13-3-1-2-12-26(65)60-22(9-5-15-53-38(46)47)33(69)62-24(11-7-17-55-40(50)51)35(71)63-23(10-6-16-54-39(48)49)34(70)61-21(31(43)68)8-4-14-52-37(44)45/h19-25,28-29,36,66-67H,1-18H2,(H2,43,68)(H,56,72)(H,60,65)(H,61,70)(H,62,69)(H,63,71)(H2,42,57,58)(H4,44,45,52)(H4,46,47,53)(H4,48,49,54)(H4,50,51,55)/t21-,22-,23-,24-,25+,28+,29+,36+/m0/s1. The number of aromatic nitrogens is 4. The smallest absolute Gasteiger partial charge is 0.407 e. The van der Waals surface area contributed by atoms with E-state index in [1.165, 1.54) is 17.2 Å². The van der Waals surface area contributed by atoms with Gasteiger partial charge in [-0.15, -0.1) is 0 Å². The van der Waals surface area contributed by atoms with Crippen LogP contribution in [0.4, 0.5) is 10.6 Å². The minimum Gasteiger partial charge on any atom is -0.447 e. The molecule has 0 aromatic carbocycles. The minimum atomic E-state index is -1.41. The van der Waals surface area contributed by atoms with Gasteiger partial charge in [-0.25, -0.2) is 19.7 Å². The molecule has 1 aliphatic heterocycles. The molecule has 1 aliphatic rings. The number of nitrogen functional groups attached to an aromatic ring is 1. The number of fused-ring (bicyclic) bond motifs is 1. The number of aliphatic hydroxyl groups is 2. The highest BCUT2D eigenvalue weighted by molar-refractivity contribution is 5.95. The number of hydrogen-bond donors (Lipinski definition) is 17. The van der Waals surface area contributed by atoms with E-state index < -0.39 is 90.9 Å². The minimum absolute atomic E-state index is 0.0145. The number of nitrogens with two attached hydrogens (primary N) is 10. The first-order valence-electron chi connectivity index (χ1n) is 23.7. The zero-order valence-electron chi connectivity index (χ0n) is 41.0. The summed E-state index contributed by atoms with van der Waals surface area (Å²) in [6, 6.07) is -4.92. The van der Waals surface area contributed by atoms with Gasteiger partial charge in [-0.1, -0.05) is 6.42 Å². The summed E-state index contributed by atoms with van der Waals surface area (Å²) in [6.07, 6.45) is -1.06. The van der Waals surface area contributed by atoms with Gasteiger partial charge in [0.1, 0.15) is 60.9 Å². The average Bonchev–Trinajstić information content (AvgIpc) is 3.89. The Bertz CT molecular complexity index is 2280. The van der Waals surface area contributed by atoms with Gasteiger partial charge in [0, 0.05) is 39.1 Å². The molecule has 1 saturated heterocycles. The molecule has 0 radical (unpaired) electrons. The van der Waals surface area contributed by atoms with Crippen LogP contribution in [0, 0.1) is 0 Å². The number of carbonyl (C=O) groups is 6. The Morgan fingerprint density at radius 3 is 1.58 bits per heavy atom. The molecule has 3 rings (SSSR count). The molecule has 0 bridgehead atoms. The number of aliphatic imine (C=N–C) groups is 4. The summed E-state index contributed by atoms with van der Waals surface area (Å²) in [5.41, 5.74) is 55.6. The number of rotatable bonds is 33. The van der Waals surface area contributed by atoms with Crippen molar-refractivity contribution in [2.75, 3.05) is 45.1 Å². The van der Waals surface area contributed by atoms with Crippen molar-refractivity contribution in [2.45, 2.75) is 126 Å². The van der Waals surface area contributed by atoms with Crippen LogP contribution in [0.3, 0.4) is 0 Å². The Morgan fingerprint density at radius 1 is 0.622 bits per heavy atom. The summed E-state index contributed by atoms with van der Waals surface area (Å²) >= 11 is 0. The monoisotopic (exact) mass is 1050 g/mol. The molecule has 33 heteroatoms. The van der Waals surface area contributed by atoms with E-state index in [0.717, 1.165) is 0 Å². The molecule has 1 fully saturated rings. The van der Waals surface area contributed by atoms with Gasteiger partial charge in [0.05, 0.1) is 6.33 Å². The molecular formula is C41H73N23O10. The van der Waals surface area contributed by atoms with Crippen LogP contribution < -0.4 is 83.9 Å². The van der Waals surface area contributed by atoms with Crippen molar-refractivity contribution in [1.82, 2.24) is 46.1 Å². The maximum atomic E-state index is 14.0. The second kappa shape index (κ2) is 31.4. The lowest BCUT2D eigenvalue weighted by molar-refractivity contribution is -0.134. The number of guanidine groups is 4. The number of ether oxygens (including phenoxy) is 2. The van der Waals surface area contributed by atoms with Crippen LogP contribution in [-0.2, 0) is 33.4 Å². The maximum Gasteiger partial charge on any atom is 0.407 e. The van der Waals surface area contributed by atoms with Gasteiger partial charge < -0.3 is 104 Å². The summed E-state index contributed by atoms with van der Waals surface area (Å²) in [6.45, 7) is 0.196. The molecule has 27 N–H and O–H groups in total. The number of imidazole rings is 1. The topological polar surface area (TPSA) is 575 Å². The van der Waals surface area contributed by atoms with Gasteiger partial charge in [0.15, 0.2) is 41.5 Å². The largest absolute Gasteiger partial charge is 0.447 e. The van der Waals surface area contributed by atoms with Crippen molar-refractivity contribution < 1.29 is 48.5 Å². The SMILES string of the molecule is NC(=O)[C@H](CCCN=C(N)N)NC(=O)[C@H](CCCN=C(N)N)NC(=O)[C@H](CCCN=C(N)N)NC(=O)[C@H](CCCN=C(N)N)NC(=O)CCCCCNC(=O)OC[C@H]1O[C@@H](n2cnc3c(N)ncnc32)[C@H](O)[C@@H]1O. The van der Waals surface area contributed by atoms with Crippen LogP contribution in [0.5, 0.6) is 0 Å². The normalized spacial score (nSPS) is 17.5. The van der Waals surface area contributed by atoms with Crippen LogP contribution in [0.1, 0.15) is 83.3 Å². The van der Waals surface area contributed by atoms with Crippen LogP contribution >= 0.6 is 0 Å². The lowest BCUT2D eigenvalue weighted by Gasteiger charge is -2.26. The predicted molar refractivity (Wildman–Crippen MR) is 270 cm³/mol. The Morgan fingerprint density at radius 2 is 1.09 bits per heavy atom. The fourth-order valence-electron chi connectivity index (χ4n) is 7.33. The molecule has 2 aromatic heterocycles. The molecule has 0 saturated carbocycles. The summed E-state index contributed by atoms with van der Waals surface area (Å²) in [5.74, 6) is -4.28. The van der Waals surface area contributed by atoms with Crippen molar-refractivity contribution in [3.63, 3.8) is 0 Å². The molecule has 0 unspecified atom stereocenters. The number of nitrogens with zero attached hydrogens (tertiary/aromatic N) is 8. The number of carbonyl (C=O) groups excluding carboxylic acids is 6. The van der Waals surface area contributed by atoms with E-state index in [2.05, 4.69) is 61.5 Å². The van der Waals surface area contributed by atoms with E-state index in [4.69, 9.17) is 66.8 Å². The number of hydrogen-bond acceptors (Lipinski definition) is 18. The van der Waals surface area contributed by atoms with Crippen molar-refractivity contribution in [3.8, 4) is 0 Å². The predicted octanol–water partition coefficient (Wildman–Crippen LogP) is -7.05. The highest BCUT2D eigenvalue weighted by atomic mass is 16.6. The Hall–Kier alpha value is -8.07. The summed E-state index contributed by atoms with van der Waals surface area (Å²) in [5, 5.41) is 34.4. The second-order valence-corrected chi connectivity index (χ2v) is 17.0. The lowest BCUT2D eigenvalue weighted by Crippen LogP contribution is -2.58. The fourth-order valence-corrected chi connectivity index (χ4v) is 7.33. The molecule has 412 valence electrons. The number of amides is 6. The van der Waals surface area contributed by atoms with Gasteiger partial charge in [-0.05, 0) is 64.2 Å². The lowest BCUT2D eigenvalue weighted by atomic mass is 10.0. The van der Waals surface area contributed by atoms with Crippen LogP contribution in [-0.4, -0.2) is 171 Å². The van der Waals surface area contributed by atoms with E-state index in [0.29, 0.717) is 19.3 Å². The quantitative estimate of drug-likeness (QED) is 0.0179. The van der Waals surface area contributed by atoms with E-state index in [1.54, 1.807) is 0 Å². The van der Waals surface area contributed by atoms with Gasteiger partial charge in [-0.2, -0.15) is 0 Å². The number of alkyl carbamates (subject to hydrolysis) is 1. The average molecular weight is 1050 g/mol. The number of unbranched alkanes of at least 4 members (excludes halogenated alkanes) is 2. The van der Waals surface area contributed by atoms with E-state index in [1.807, 2.05) is 0 Å². The molecule has 3 heterocycles. The molecule has 0 spiro atoms. The molecule has 6 amide bonds. The zero-order chi connectivity index (χ0) is 54.7. The first-order chi connectivity index (χ1) is 35.2. The highest BCUT2D eigenvalue weighted by Gasteiger charge is 2.45. The molecular weight excluding hydrogens is 975 g/mol. The van der Waals surface area contributed by atoms with E-state index in [-0.39, 0.29) is 131 Å². The molecule has 0 aliphatic carbocycles. The van der Waals surface area contributed by atoms with Crippen molar-refractivity contribution in [3.05, 3.63) is 12.7 Å². The third-order valence-electron chi connectivity index (χ3n) is 11.1. The maximum absolute atomic E-state index is 14.0. The summed E-state index contributed by atoms with van der Waals surface area (Å²) < 4.78 is 12.4. The van der Waals surface area contributed by atoms with Gasteiger partial charge in [0.2, 0.25) is 29.5 Å². The zero-order valence-corrected chi connectivity index (χ0v) is 41.0. The second-order valence-electron chi connectivity index (χ2n) is 17.0. The van der Waals surface area contributed by atoms with Gasteiger partial charge >= 0.3 is 6.09 Å². The third-order valence-corrected chi connectivity index (χ3v) is 11.1. The summed E-state index contributed by atoms with van der Waals surface area (Å²) in [4.78, 5) is 107. The van der Waals surface area contributed by atoms with Crippen molar-refractivity contribution in [2.24, 2.45) is 71.6 Å².